The highest BCUT2D eigenvalue weighted by atomic mass is 32.1. The number of nitrogens with one attached hydrogen (secondary N) is 1. The number of aliphatic hydroxyl groups excluding tert-OH is 4. The average Bonchev–Trinajstić information content (AvgIpc) is 2.25. The molecule has 0 aromatic heterocycles. The van der Waals surface area contributed by atoms with Gasteiger partial charge < -0.3 is 36.1 Å². The summed E-state index contributed by atoms with van der Waals surface area (Å²) in [5.74, 6) is -1.98. The molecule has 0 aliphatic carbocycles. The Morgan fingerprint density at radius 2 is 1.88 bits per heavy atom. The maximum atomic E-state index is 10.2. The van der Waals surface area contributed by atoms with Crippen molar-refractivity contribution in [3.63, 3.8) is 0 Å². The minimum atomic E-state index is -2.34. The predicted octanol–water partition coefficient (Wildman–Crippen LogP) is -5.00. The molecule has 0 aliphatic rings. The van der Waals surface area contributed by atoms with E-state index in [1.807, 2.05) is 0 Å². The Kier molecular flexibility index (Phi) is 6.53. The second-order valence-corrected chi connectivity index (χ2v) is 3.43. The molecule has 0 radical (unpaired) electrons. The van der Waals surface area contributed by atoms with Gasteiger partial charge in [-0.05, 0) is 12.2 Å². The quantitative estimate of drug-likeness (QED) is 0.156. The maximum Gasteiger partial charge on any atom is 0.184 e. The van der Waals surface area contributed by atoms with E-state index in [0.717, 1.165) is 6.21 Å². The van der Waals surface area contributed by atoms with Gasteiger partial charge in [0.25, 0.3) is 0 Å². The zero-order chi connectivity index (χ0) is 13.6. The number of nitrogens with zero attached hydrogens (tertiary/aromatic N) is 1. The third kappa shape index (κ3) is 5.51. The molecule has 0 spiro atoms. The Morgan fingerprint density at radius 3 is 2.29 bits per heavy atom. The summed E-state index contributed by atoms with van der Waals surface area (Å²) < 4.78 is 0. The molecular weight excluding hydrogens is 254 g/mol. The Labute approximate surface area is 101 Å². The van der Waals surface area contributed by atoms with Crippen molar-refractivity contribution in [1.29, 1.82) is 0 Å². The Hall–Kier alpha value is -1.33. The fourth-order valence-electron chi connectivity index (χ4n) is 0.794. The number of nitrogens with two attached hydrogens (primary N) is 1. The maximum absolute atomic E-state index is 10.2. The first-order chi connectivity index (χ1) is 7.77. The Morgan fingerprint density at radius 1 is 1.35 bits per heavy atom. The van der Waals surface area contributed by atoms with Gasteiger partial charge in [-0.2, -0.15) is 5.10 Å². The lowest BCUT2D eigenvalue weighted by atomic mass is 10.0. The molecule has 0 bridgehead atoms. The van der Waals surface area contributed by atoms with E-state index in [1.54, 1.807) is 0 Å². The van der Waals surface area contributed by atoms with Crippen LogP contribution >= 0.6 is 12.2 Å². The number of carbonyl (C=O) groups is 1. The summed E-state index contributed by atoms with van der Waals surface area (Å²) in [6.07, 6.45) is -7.46. The predicted molar refractivity (Wildman–Crippen MR) is 57.4 cm³/mol. The number of carboxylic acid groups (broad SMARTS) is 1. The molecule has 10 heteroatoms. The van der Waals surface area contributed by atoms with Crippen LogP contribution in [0.15, 0.2) is 5.10 Å². The standard InChI is InChI=1S/C7H13N3O6S/c8-7(17)10-9-1-2(11)3(12)4(13)5(14)6(15)16/h1-5,11-14H,(H,15,16)(H3,8,10,17)/p-1/b9-1-/t2-,3-,4+,5+/m1/s1. The molecule has 0 aromatic carbocycles. The minimum Gasteiger partial charge on any atom is -0.547 e. The van der Waals surface area contributed by atoms with Crippen molar-refractivity contribution in [3.05, 3.63) is 0 Å². The molecule has 0 fully saturated rings. The lowest BCUT2D eigenvalue weighted by Gasteiger charge is -2.25. The van der Waals surface area contributed by atoms with E-state index in [2.05, 4.69) is 22.7 Å². The molecule has 7 N–H and O–H groups in total. The molecular formula is C7H12N3O6S-. The van der Waals surface area contributed by atoms with E-state index < -0.39 is 30.4 Å². The number of thiocarbonyl (C=S) groups is 1. The number of carboxylic acids is 1. The summed E-state index contributed by atoms with van der Waals surface area (Å²) in [5, 5.41) is 49.7. The van der Waals surface area contributed by atoms with Crippen LogP contribution in [-0.2, 0) is 4.79 Å². The van der Waals surface area contributed by atoms with Crippen LogP contribution in [0.4, 0.5) is 0 Å². The van der Waals surface area contributed by atoms with E-state index in [1.165, 1.54) is 0 Å². The van der Waals surface area contributed by atoms with Crippen LogP contribution in [0.1, 0.15) is 0 Å². The van der Waals surface area contributed by atoms with Gasteiger partial charge in [-0.25, -0.2) is 0 Å². The number of rotatable bonds is 6. The van der Waals surface area contributed by atoms with Gasteiger partial charge in [0.2, 0.25) is 0 Å². The summed E-state index contributed by atoms with van der Waals surface area (Å²) in [5.41, 5.74) is 7.05. The molecule has 0 rings (SSSR count). The first-order valence-corrected chi connectivity index (χ1v) is 4.70. The van der Waals surface area contributed by atoms with Gasteiger partial charge in [0.15, 0.2) is 5.11 Å². The van der Waals surface area contributed by atoms with Gasteiger partial charge in [-0.3, -0.25) is 5.43 Å². The van der Waals surface area contributed by atoms with Crippen molar-refractivity contribution in [2.45, 2.75) is 24.4 Å². The van der Waals surface area contributed by atoms with E-state index in [9.17, 15) is 20.1 Å². The van der Waals surface area contributed by atoms with Crippen molar-refractivity contribution in [2.24, 2.45) is 10.8 Å². The number of aliphatic carboxylic acids is 1. The van der Waals surface area contributed by atoms with E-state index in [-0.39, 0.29) is 5.11 Å². The van der Waals surface area contributed by atoms with Gasteiger partial charge in [-0.1, -0.05) is 0 Å². The van der Waals surface area contributed by atoms with Crippen LogP contribution in [0.5, 0.6) is 0 Å². The van der Waals surface area contributed by atoms with Gasteiger partial charge in [-0.15, -0.1) is 0 Å². The number of carbonyl (C=O) groups excluding carboxylic acids is 1. The first-order valence-electron chi connectivity index (χ1n) is 4.29. The third-order valence-electron chi connectivity index (χ3n) is 1.67. The Balaban J connectivity index is 4.38. The van der Waals surface area contributed by atoms with Crippen molar-refractivity contribution in [2.75, 3.05) is 0 Å². The lowest BCUT2D eigenvalue weighted by molar-refractivity contribution is -0.320. The number of hydrazone groups is 1. The number of hydrogen-bond donors (Lipinski definition) is 6. The Bertz CT molecular complexity index is 312. The van der Waals surface area contributed by atoms with Crippen LogP contribution in [0.3, 0.4) is 0 Å². The molecule has 0 saturated heterocycles. The molecule has 0 unspecified atom stereocenters. The molecule has 4 atom stereocenters. The van der Waals surface area contributed by atoms with Gasteiger partial charge in [0.05, 0.1) is 12.2 Å². The number of aliphatic hydroxyl groups is 4. The molecule has 0 aliphatic heterocycles. The smallest absolute Gasteiger partial charge is 0.184 e. The van der Waals surface area contributed by atoms with Crippen LogP contribution in [0.25, 0.3) is 0 Å². The molecule has 98 valence electrons. The number of hydrogen-bond acceptors (Lipinski definition) is 8. The second-order valence-electron chi connectivity index (χ2n) is 2.99. The van der Waals surface area contributed by atoms with Crippen LogP contribution in [0.2, 0.25) is 0 Å². The zero-order valence-corrected chi connectivity index (χ0v) is 9.24. The van der Waals surface area contributed by atoms with E-state index in [4.69, 9.17) is 15.9 Å². The van der Waals surface area contributed by atoms with Crippen molar-refractivity contribution in [1.82, 2.24) is 5.43 Å². The average molecular weight is 266 g/mol. The topological polar surface area (TPSA) is 171 Å². The molecule has 9 nitrogen and oxygen atoms in total. The van der Waals surface area contributed by atoms with Crippen LogP contribution in [-0.4, -0.2) is 62.1 Å². The van der Waals surface area contributed by atoms with Gasteiger partial charge in [0, 0.05) is 0 Å². The van der Waals surface area contributed by atoms with Crippen LogP contribution in [0, 0.1) is 0 Å². The fraction of sp³-hybridized carbons (Fsp3) is 0.571. The minimum absolute atomic E-state index is 0.196. The molecule has 0 amide bonds. The van der Waals surface area contributed by atoms with Crippen LogP contribution < -0.4 is 16.3 Å². The summed E-state index contributed by atoms with van der Waals surface area (Å²) >= 11 is 4.37. The monoisotopic (exact) mass is 266 g/mol. The molecule has 0 aromatic rings. The SMILES string of the molecule is NC(=S)N/N=C\[C@@H](O)[C@@H](O)[C@H](O)[C@H](O)C(=O)[O-]. The fourth-order valence-corrected chi connectivity index (χ4v) is 0.846. The van der Waals surface area contributed by atoms with E-state index >= 15 is 0 Å². The summed E-state index contributed by atoms with van der Waals surface area (Å²) in [7, 11) is 0. The molecule has 17 heavy (non-hydrogen) atoms. The van der Waals surface area contributed by atoms with Gasteiger partial charge >= 0.3 is 0 Å². The highest BCUT2D eigenvalue weighted by molar-refractivity contribution is 7.80. The van der Waals surface area contributed by atoms with Crippen molar-refractivity contribution in [3.8, 4) is 0 Å². The summed E-state index contributed by atoms with van der Waals surface area (Å²) in [4.78, 5) is 10.2. The lowest BCUT2D eigenvalue weighted by Crippen LogP contribution is -2.52. The second kappa shape index (κ2) is 7.09. The molecule has 0 heterocycles. The summed E-state index contributed by atoms with van der Waals surface area (Å²) in [6, 6.07) is 0. The summed E-state index contributed by atoms with van der Waals surface area (Å²) in [6.45, 7) is 0. The highest BCUT2D eigenvalue weighted by Crippen LogP contribution is 2.03. The third-order valence-corrected chi connectivity index (χ3v) is 1.76. The first kappa shape index (κ1) is 15.7. The molecule has 0 saturated carbocycles. The normalized spacial score (nSPS) is 18.4. The van der Waals surface area contributed by atoms with Gasteiger partial charge in [0.1, 0.15) is 24.4 Å². The van der Waals surface area contributed by atoms with Crippen molar-refractivity contribution < 1.29 is 30.3 Å². The van der Waals surface area contributed by atoms with Crippen molar-refractivity contribution >= 4 is 29.5 Å². The largest absolute Gasteiger partial charge is 0.547 e. The zero-order valence-electron chi connectivity index (χ0n) is 8.42. The van der Waals surface area contributed by atoms with E-state index in [0.29, 0.717) is 0 Å². The highest BCUT2D eigenvalue weighted by Gasteiger charge is 2.30.